The van der Waals surface area contributed by atoms with Crippen molar-refractivity contribution in [2.45, 2.75) is 46.1 Å². The van der Waals surface area contributed by atoms with Crippen molar-refractivity contribution >= 4 is 11.8 Å². The third kappa shape index (κ3) is 6.86. The van der Waals surface area contributed by atoms with Gasteiger partial charge in [0, 0.05) is 25.6 Å². The lowest BCUT2D eigenvalue weighted by atomic mass is 9.85. The maximum absolute atomic E-state index is 12.0. The Hall–Kier alpha value is -1.88. The number of carbonyl (C=O) groups excluding carboxylic acids is 2. The zero-order valence-corrected chi connectivity index (χ0v) is 16.7. The summed E-state index contributed by atoms with van der Waals surface area (Å²) in [5, 5.41) is 4.72. The Morgan fingerprint density at radius 1 is 1.12 bits per heavy atom. The van der Waals surface area contributed by atoms with Crippen LogP contribution in [0.2, 0.25) is 0 Å². The predicted octanol–water partition coefficient (Wildman–Crippen LogP) is 1.45. The van der Waals surface area contributed by atoms with E-state index in [2.05, 4.69) is 64.2 Å². The molecule has 0 aliphatic heterocycles. The van der Waals surface area contributed by atoms with E-state index in [4.69, 9.17) is 0 Å². The molecule has 1 rings (SSSR count). The van der Waals surface area contributed by atoms with Gasteiger partial charge in [-0.15, -0.1) is 0 Å². The fourth-order valence-electron chi connectivity index (χ4n) is 2.64. The Kier molecular flexibility index (Phi) is 7.61. The quantitative estimate of drug-likeness (QED) is 0.783. The van der Waals surface area contributed by atoms with Crippen LogP contribution in [0.4, 0.5) is 0 Å². The molecule has 5 heteroatoms. The molecule has 0 aliphatic carbocycles. The molecule has 0 spiro atoms. The average Bonchev–Trinajstić information content (AvgIpc) is 2.51. The summed E-state index contributed by atoms with van der Waals surface area (Å²) in [5.41, 5.74) is 2.66. The van der Waals surface area contributed by atoms with E-state index < -0.39 is 0 Å². The van der Waals surface area contributed by atoms with Crippen molar-refractivity contribution < 1.29 is 14.9 Å². The number of hydrogen-bond donors (Lipinski definition) is 2. The van der Waals surface area contributed by atoms with Crippen LogP contribution in [-0.2, 0) is 15.0 Å². The number of carbonyl (C=O) groups is 2. The first-order chi connectivity index (χ1) is 11.5. The molecule has 25 heavy (non-hydrogen) atoms. The van der Waals surface area contributed by atoms with E-state index in [0.29, 0.717) is 12.5 Å². The number of nitrogens with two attached hydrogens (primary N) is 1. The van der Waals surface area contributed by atoms with Gasteiger partial charge in [0.15, 0.2) is 6.54 Å². The molecule has 0 saturated heterocycles. The van der Waals surface area contributed by atoms with Gasteiger partial charge in [-0.3, -0.25) is 9.59 Å². The number of benzene rings is 1. The van der Waals surface area contributed by atoms with E-state index in [0.717, 1.165) is 0 Å². The Labute approximate surface area is 152 Å². The third-order valence-corrected chi connectivity index (χ3v) is 4.37. The lowest BCUT2D eigenvalue weighted by Crippen LogP contribution is -2.88. The van der Waals surface area contributed by atoms with Crippen molar-refractivity contribution in [1.29, 1.82) is 0 Å². The van der Waals surface area contributed by atoms with Crippen LogP contribution in [-0.4, -0.2) is 43.9 Å². The van der Waals surface area contributed by atoms with E-state index in [9.17, 15) is 9.59 Å². The van der Waals surface area contributed by atoms with Crippen LogP contribution in [0.3, 0.4) is 0 Å². The van der Waals surface area contributed by atoms with Crippen molar-refractivity contribution in [2.24, 2.45) is 5.92 Å². The number of hydrogen-bond acceptors (Lipinski definition) is 2. The van der Waals surface area contributed by atoms with Gasteiger partial charge in [-0.2, -0.15) is 0 Å². The molecule has 0 saturated carbocycles. The molecule has 0 unspecified atom stereocenters. The molecule has 1 aromatic rings. The zero-order chi connectivity index (χ0) is 19.2. The first kappa shape index (κ1) is 21.2. The summed E-state index contributed by atoms with van der Waals surface area (Å²) < 4.78 is 0. The first-order valence-corrected chi connectivity index (χ1v) is 8.93. The molecule has 0 heterocycles. The summed E-state index contributed by atoms with van der Waals surface area (Å²) in [5.74, 6) is 0.176. The summed E-state index contributed by atoms with van der Waals surface area (Å²) in [6.07, 6.45) is 0. The van der Waals surface area contributed by atoms with E-state index in [1.165, 1.54) is 16.0 Å². The van der Waals surface area contributed by atoms with E-state index in [1.54, 1.807) is 14.1 Å². The molecular weight excluding hydrogens is 314 g/mol. The van der Waals surface area contributed by atoms with Crippen molar-refractivity contribution in [2.75, 3.05) is 27.2 Å². The smallest absolute Gasteiger partial charge is 0.275 e. The first-order valence-electron chi connectivity index (χ1n) is 8.93. The summed E-state index contributed by atoms with van der Waals surface area (Å²) in [4.78, 5) is 25.0. The highest BCUT2D eigenvalue weighted by Crippen LogP contribution is 2.25. The van der Waals surface area contributed by atoms with Gasteiger partial charge in [0.25, 0.3) is 5.91 Å². The molecule has 0 bridgehead atoms. The van der Waals surface area contributed by atoms with Gasteiger partial charge in [0.1, 0.15) is 6.04 Å². The SMILES string of the molecule is CC(C)[C@H]([NH2+]CC(=O)NCC(=O)N(C)C)c1ccc(C(C)(C)C)cc1. The average molecular weight is 349 g/mol. The maximum Gasteiger partial charge on any atom is 0.275 e. The molecule has 140 valence electrons. The molecular formula is C20H34N3O2+. The highest BCUT2D eigenvalue weighted by molar-refractivity contribution is 5.84. The number of likely N-dealkylation sites (N-methyl/N-ethyl adjacent to an activating group) is 1. The molecule has 5 nitrogen and oxygen atoms in total. The maximum atomic E-state index is 12.0. The number of quaternary nitrogens is 1. The third-order valence-electron chi connectivity index (χ3n) is 4.37. The monoisotopic (exact) mass is 348 g/mol. The number of rotatable bonds is 7. The fourth-order valence-corrected chi connectivity index (χ4v) is 2.64. The van der Waals surface area contributed by atoms with Crippen molar-refractivity contribution in [3.8, 4) is 0 Å². The summed E-state index contributed by atoms with van der Waals surface area (Å²) in [6, 6.07) is 8.89. The molecule has 0 aliphatic rings. The minimum Gasteiger partial charge on any atom is -0.347 e. The number of nitrogens with zero attached hydrogens (tertiary/aromatic N) is 1. The lowest BCUT2D eigenvalue weighted by molar-refractivity contribution is -0.692. The molecule has 0 fully saturated rings. The Balaban J connectivity index is 2.66. The normalized spacial score (nSPS) is 12.8. The molecule has 3 N–H and O–H groups in total. The Morgan fingerprint density at radius 2 is 1.68 bits per heavy atom. The number of nitrogens with one attached hydrogen (secondary N) is 1. The second kappa shape index (κ2) is 8.99. The summed E-state index contributed by atoms with van der Waals surface area (Å²) in [7, 11) is 3.35. The van der Waals surface area contributed by atoms with Crippen LogP contribution >= 0.6 is 0 Å². The molecule has 2 amide bonds. The van der Waals surface area contributed by atoms with Crippen LogP contribution in [0, 0.1) is 5.92 Å². The van der Waals surface area contributed by atoms with Gasteiger partial charge >= 0.3 is 0 Å². The predicted molar refractivity (Wildman–Crippen MR) is 101 cm³/mol. The Morgan fingerprint density at radius 3 is 2.12 bits per heavy atom. The highest BCUT2D eigenvalue weighted by Gasteiger charge is 2.22. The van der Waals surface area contributed by atoms with E-state index in [-0.39, 0.29) is 29.8 Å². The molecule has 1 aromatic carbocycles. The number of amides is 2. The van der Waals surface area contributed by atoms with Crippen LogP contribution < -0.4 is 10.6 Å². The summed E-state index contributed by atoms with van der Waals surface area (Å²) in [6.45, 7) is 11.3. The van der Waals surface area contributed by atoms with Gasteiger partial charge in [-0.1, -0.05) is 58.9 Å². The van der Waals surface area contributed by atoms with Gasteiger partial charge in [-0.25, -0.2) is 0 Å². The van der Waals surface area contributed by atoms with Gasteiger partial charge < -0.3 is 15.5 Å². The lowest BCUT2D eigenvalue weighted by Gasteiger charge is -2.22. The largest absolute Gasteiger partial charge is 0.347 e. The van der Waals surface area contributed by atoms with Crippen LogP contribution in [0.15, 0.2) is 24.3 Å². The second-order valence-electron chi connectivity index (χ2n) is 8.15. The van der Waals surface area contributed by atoms with Crippen LogP contribution in [0.25, 0.3) is 0 Å². The highest BCUT2D eigenvalue weighted by atomic mass is 16.2. The van der Waals surface area contributed by atoms with Crippen molar-refractivity contribution in [1.82, 2.24) is 10.2 Å². The minimum absolute atomic E-state index is 0.0479. The van der Waals surface area contributed by atoms with Gasteiger partial charge in [0.2, 0.25) is 5.91 Å². The minimum atomic E-state index is -0.118. The fraction of sp³-hybridized carbons (Fsp3) is 0.600. The van der Waals surface area contributed by atoms with E-state index >= 15 is 0 Å². The zero-order valence-electron chi connectivity index (χ0n) is 16.7. The Bertz CT molecular complexity index is 572. The van der Waals surface area contributed by atoms with Crippen molar-refractivity contribution in [3.05, 3.63) is 35.4 Å². The molecule has 0 radical (unpaired) electrons. The molecule has 0 aromatic heterocycles. The van der Waals surface area contributed by atoms with Crippen LogP contribution in [0.5, 0.6) is 0 Å². The van der Waals surface area contributed by atoms with E-state index in [1.807, 2.05) is 5.32 Å². The summed E-state index contributed by atoms with van der Waals surface area (Å²) >= 11 is 0. The standard InChI is InChI=1S/C20H33N3O2/c1-14(2)19(15-8-10-16(11-9-15)20(3,4)5)22-12-17(24)21-13-18(25)23(6)7/h8-11,14,19,22H,12-13H2,1-7H3,(H,21,24)/p+1/t19-/m0/s1. The van der Waals surface area contributed by atoms with Gasteiger partial charge in [0.05, 0.1) is 6.54 Å². The topological polar surface area (TPSA) is 66.0 Å². The molecule has 1 atom stereocenters. The van der Waals surface area contributed by atoms with Crippen LogP contribution in [0.1, 0.15) is 51.8 Å². The van der Waals surface area contributed by atoms with Crippen molar-refractivity contribution in [3.63, 3.8) is 0 Å². The second-order valence-corrected chi connectivity index (χ2v) is 8.15. The van der Waals surface area contributed by atoms with Gasteiger partial charge in [-0.05, 0) is 11.0 Å².